The van der Waals surface area contributed by atoms with Gasteiger partial charge in [0.15, 0.2) is 11.5 Å². The standard InChI is InChI=1S/C27H18F5N7O2/c1-26(13-2-3-16(19(40)9-13)27(30,31)32)20-21(33)36-22(37-23(20)38-25(26)41)18-11-39-5-4-34-24(39)17(35-18)8-12-6-14(28)10-15(29)7-12/h2-7,9-11,40H,8H2,1H3,(H3,33,36,37,38,41)/t26-/m0/s1. The SMILES string of the molecule is C[C@@]1(c2ccc(C(F)(F)F)c(O)c2)C(=O)Nc2nc(-c3cn4ccnc4c(Cc4cc(F)cc(F)c4)n3)nc(N)c21. The maximum atomic E-state index is 13.8. The molecule has 0 saturated carbocycles. The van der Waals surface area contributed by atoms with Crippen LogP contribution in [-0.2, 0) is 22.8 Å². The van der Waals surface area contributed by atoms with Crippen molar-refractivity contribution in [3.8, 4) is 17.3 Å². The molecule has 0 radical (unpaired) electrons. The number of rotatable bonds is 4. The van der Waals surface area contributed by atoms with Crippen LogP contribution in [0, 0.1) is 11.6 Å². The minimum atomic E-state index is -4.79. The molecule has 0 unspecified atom stereocenters. The summed E-state index contributed by atoms with van der Waals surface area (Å²) in [5.74, 6) is -3.31. The average Bonchev–Trinajstić information content (AvgIpc) is 3.45. The number of carbonyl (C=O) groups excluding carboxylic acids is 1. The Bertz CT molecular complexity index is 1870. The van der Waals surface area contributed by atoms with E-state index >= 15 is 0 Å². The van der Waals surface area contributed by atoms with Gasteiger partial charge in [0.2, 0.25) is 5.91 Å². The number of aromatic hydroxyl groups is 1. The Morgan fingerprint density at radius 3 is 2.49 bits per heavy atom. The molecule has 0 aliphatic carbocycles. The number of halogens is 5. The molecule has 0 fully saturated rings. The van der Waals surface area contributed by atoms with Crippen LogP contribution in [0.4, 0.5) is 33.6 Å². The zero-order valence-electron chi connectivity index (χ0n) is 21.0. The van der Waals surface area contributed by atoms with Gasteiger partial charge in [-0.15, -0.1) is 0 Å². The van der Waals surface area contributed by atoms with Crippen molar-refractivity contribution in [3.63, 3.8) is 0 Å². The number of imidazole rings is 1. The van der Waals surface area contributed by atoms with Crippen LogP contribution in [0.2, 0.25) is 0 Å². The predicted octanol–water partition coefficient (Wildman–Crippen LogP) is 4.62. The molecule has 1 atom stereocenters. The second-order valence-electron chi connectivity index (χ2n) is 9.65. The van der Waals surface area contributed by atoms with E-state index in [0.29, 0.717) is 23.0 Å². The Labute approximate surface area is 227 Å². The zero-order valence-corrected chi connectivity index (χ0v) is 21.0. The van der Waals surface area contributed by atoms with Crippen LogP contribution in [0.15, 0.2) is 55.0 Å². The van der Waals surface area contributed by atoms with E-state index in [9.17, 15) is 31.9 Å². The van der Waals surface area contributed by atoms with Gasteiger partial charge in [0.1, 0.15) is 40.1 Å². The van der Waals surface area contributed by atoms with Gasteiger partial charge in [-0.2, -0.15) is 13.2 Å². The highest BCUT2D eigenvalue weighted by atomic mass is 19.4. The van der Waals surface area contributed by atoms with E-state index in [2.05, 4.69) is 25.3 Å². The van der Waals surface area contributed by atoms with Crippen LogP contribution in [0.3, 0.4) is 0 Å². The maximum absolute atomic E-state index is 13.8. The van der Waals surface area contributed by atoms with Crippen molar-refractivity contribution in [2.75, 3.05) is 11.1 Å². The van der Waals surface area contributed by atoms with Crippen LogP contribution in [0.25, 0.3) is 17.2 Å². The molecule has 1 aliphatic rings. The molecule has 4 heterocycles. The Hall–Kier alpha value is -5.14. The summed E-state index contributed by atoms with van der Waals surface area (Å²) >= 11 is 0. The van der Waals surface area contributed by atoms with E-state index < -0.39 is 40.4 Å². The Kier molecular flexibility index (Phi) is 5.69. The van der Waals surface area contributed by atoms with E-state index in [-0.39, 0.29) is 40.7 Å². The van der Waals surface area contributed by atoms with Crippen molar-refractivity contribution < 1.29 is 31.9 Å². The van der Waals surface area contributed by atoms with Gasteiger partial charge < -0.3 is 20.6 Å². The zero-order chi connectivity index (χ0) is 29.3. The van der Waals surface area contributed by atoms with Crippen LogP contribution in [0.1, 0.15) is 34.9 Å². The molecule has 0 saturated heterocycles. The monoisotopic (exact) mass is 567 g/mol. The summed E-state index contributed by atoms with van der Waals surface area (Å²) in [7, 11) is 0. The third kappa shape index (κ3) is 4.27. The van der Waals surface area contributed by atoms with Gasteiger partial charge in [0.05, 0.1) is 16.8 Å². The molecule has 5 aromatic rings. The lowest BCUT2D eigenvalue weighted by Crippen LogP contribution is -2.33. The Morgan fingerprint density at radius 2 is 1.80 bits per heavy atom. The number of anilines is 2. The lowest BCUT2D eigenvalue weighted by molar-refractivity contribution is -0.138. The van der Waals surface area contributed by atoms with E-state index in [1.807, 2.05) is 0 Å². The first-order chi connectivity index (χ1) is 19.3. The number of nitrogens with one attached hydrogen (secondary N) is 1. The van der Waals surface area contributed by atoms with Crippen molar-refractivity contribution in [1.29, 1.82) is 0 Å². The number of benzene rings is 2. The first-order valence-electron chi connectivity index (χ1n) is 12.0. The third-order valence-corrected chi connectivity index (χ3v) is 6.97. The number of nitrogens with two attached hydrogens (primary N) is 1. The highest BCUT2D eigenvalue weighted by Gasteiger charge is 2.48. The van der Waals surface area contributed by atoms with Crippen molar-refractivity contribution in [2.24, 2.45) is 0 Å². The predicted molar refractivity (Wildman–Crippen MR) is 136 cm³/mol. The fraction of sp³-hybridized carbons (Fsp3) is 0.148. The van der Waals surface area contributed by atoms with Crippen LogP contribution in [0.5, 0.6) is 5.75 Å². The first-order valence-corrected chi connectivity index (χ1v) is 12.0. The Morgan fingerprint density at radius 1 is 1.07 bits per heavy atom. The van der Waals surface area contributed by atoms with Gasteiger partial charge in [-0.05, 0) is 42.3 Å². The quantitative estimate of drug-likeness (QED) is 0.270. The van der Waals surface area contributed by atoms with E-state index in [4.69, 9.17) is 5.73 Å². The van der Waals surface area contributed by atoms with Gasteiger partial charge in [-0.1, -0.05) is 6.07 Å². The summed E-state index contributed by atoms with van der Waals surface area (Å²) in [6.07, 6.45) is -0.0670. The maximum Gasteiger partial charge on any atom is 0.419 e. The number of nitrogen functional groups attached to an aromatic ring is 1. The molecule has 9 nitrogen and oxygen atoms in total. The minimum Gasteiger partial charge on any atom is -0.507 e. The number of nitrogens with zero attached hydrogens (tertiary/aromatic N) is 5. The van der Waals surface area contributed by atoms with Gasteiger partial charge in [-0.25, -0.2) is 28.7 Å². The number of aromatic nitrogens is 5. The van der Waals surface area contributed by atoms with E-state index in [1.165, 1.54) is 25.3 Å². The number of hydrogen-bond acceptors (Lipinski definition) is 7. The lowest BCUT2D eigenvalue weighted by Gasteiger charge is -2.24. The highest BCUT2D eigenvalue weighted by Crippen LogP contribution is 2.47. The molecular formula is C27H18F5N7O2. The van der Waals surface area contributed by atoms with Crippen LogP contribution < -0.4 is 11.1 Å². The number of alkyl halides is 3. The molecule has 2 aromatic carbocycles. The van der Waals surface area contributed by atoms with Crippen LogP contribution >= 0.6 is 0 Å². The number of carbonyl (C=O) groups is 1. The van der Waals surface area contributed by atoms with Gasteiger partial charge in [0, 0.05) is 31.1 Å². The molecule has 0 spiro atoms. The summed E-state index contributed by atoms with van der Waals surface area (Å²) in [4.78, 5) is 30.7. The smallest absolute Gasteiger partial charge is 0.419 e. The molecule has 41 heavy (non-hydrogen) atoms. The second kappa shape index (κ2) is 8.94. The first kappa shape index (κ1) is 26.1. The molecule has 208 valence electrons. The molecule has 4 N–H and O–H groups in total. The normalized spacial score (nSPS) is 16.7. The van der Waals surface area contributed by atoms with Crippen molar-refractivity contribution in [2.45, 2.75) is 24.9 Å². The summed E-state index contributed by atoms with van der Waals surface area (Å²) in [6, 6.07) is 5.74. The molecule has 1 amide bonds. The topological polar surface area (TPSA) is 131 Å². The number of amides is 1. The van der Waals surface area contributed by atoms with E-state index in [1.54, 1.807) is 16.8 Å². The van der Waals surface area contributed by atoms with Gasteiger partial charge in [-0.3, -0.25) is 4.79 Å². The lowest BCUT2D eigenvalue weighted by atomic mass is 9.77. The molecule has 6 rings (SSSR count). The average molecular weight is 567 g/mol. The van der Waals surface area contributed by atoms with Gasteiger partial charge in [0.25, 0.3) is 0 Å². The number of phenolic OH excluding ortho intramolecular Hbond substituents is 1. The molecule has 3 aromatic heterocycles. The fourth-order valence-corrected chi connectivity index (χ4v) is 5.01. The van der Waals surface area contributed by atoms with Crippen LogP contribution in [-0.4, -0.2) is 35.4 Å². The summed E-state index contributed by atoms with van der Waals surface area (Å²) < 4.78 is 68.7. The fourth-order valence-electron chi connectivity index (χ4n) is 5.01. The number of fused-ring (bicyclic) bond motifs is 2. The van der Waals surface area contributed by atoms with Gasteiger partial charge >= 0.3 is 6.18 Å². The third-order valence-electron chi connectivity index (χ3n) is 6.97. The Balaban J connectivity index is 1.44. The molecule has 0 bridgehead atoms. The summed E-state index contributed by atoms with van der Waals surface area (Å²) in [6.45, 7) is 1.43. The number of hydrogen-bond donors (Lipinski definition) is 3. The van der Waals surface area contributed by atoms with Crippen molar-refractivity contribution in [3.05, 3.63) is 94.6 Å². The largest absolute Gasteiger partial charge is 0.507 e. The number of phenols is 1. The minimum absolute atomic E-state index is 0.00309. The second-order valence-corrected chi connectivity index (χ2v) is 9.65. The summed E-state index contributed by atoms with van der Waals surface area (Å²) in [5.41, 5.74) is 4.89. The van der Waals surface area contributed by atoms with Crippen molar-refractivity contribution >= 4 is 23.2 Å². The molecule has 1 aliphatic heterocycles. The molecular weight excluding hydrogens is 549 g/mol. The molecule has 14 heteroatoms. The van der Waals surface area contributed by atoms with E-state index in [0.717, 1.165) is 18.2 Å². The highest BCUT2D eigenvalue weighted by molar-refractivity contribution is 6.09. The summed E-state index contributed by atoms with van der Waals surface area (Å²) in [5, 5.41) is 12.7. The van der Waals surface area contributed by atoms with Crippen molar-refractivity contribution in [1.82, 2.24) is 24.3 Å².